The molecule has 0 fully saturated rings. The smallest absolute Gasteiger partial charge is 0.0172 e. The van der Waals surface area contributed by atoms with Crippen LogP contribution >= 0.6 is 0 Å². The molecule has 22 bridgehead atoms. The minimum absolute atomic E-state index is 1.21. The van der Waals surface area contributed by atoms with Crippen molar-refractivity contribution in [3.63, 3.8) is 0 Å². The van der Waals surface area contributed by atoms with E-state index in [0.29, 0.717) is 0 Å². The summed E-state index contributed by atoms with van der Waals surface area (Å²) >= 11 is 0. The molecule has 0 aliphatic rings. The molecule has 0 nitrogen and oxygen atoms in total. The van der Waals surface area contributed by atoms with Crippen LogP contribution in [0.15, 0.2) is 267 Å². The van der Waals surface area contributed by atoms with Gasteiger partial charge in [0.25, 0.3) is 0 Å². The zero-order valence-electron chi connectivity index (χ0n) is 37.4. The Balaban J connectivity index is 0.935. The summed E-state index contributed by atoms with van der Waals surface area (Å²) in [6, 6.07) is 98.8. The maximum atomic E-state index is 2.32. The lowest BCUT2D eigenvalue weighted by Crippen LogP contribution is -1.76. The fraction of sp³-hybridized carbons (Fsp3) is 0. The van der Waals surface area contributed by atoms with E-state index < -0.39 is 0 Å². The molecule has 0 radical (unpaired) electrons. The van der Waals surface area contributed by atoms with Gasteiger partial charge in [0.15, 0.2) is 0 Å². The standard InChI is InChI=1S/C68H44/c1-9-49-10-2-45(1)46-3-11-50(12-4-46)54-19-27-58(28-20-54)64-38-35-62-36-40-66(44-68(62)43-64)60-31-23-56(24-32-60)52-15-7-48(8-16-52)47-5-13-51(14-6-47)55-21-29-59(30-22-55)65-39-34-61-33-37-63(41-67(61)42-65)57-25-17-53(49)18-26-57/h1-44H. The van der Waals surface area contributed by atoms with Crippen LogP contribution in [0.5, 0.6) is 0 Å². The predicted molar refractivity (Wildman–Crippen MR) is 298 cm³/mol. The molecule has 0 aliphatic carbocycles. The molecule has 0 heterocycles. The Bertz CT molecular complexity index is 3770. The van der Waals surface area contributed by atoms with E-state index in [1.807, 2.05) is 0 Å². The van der Waals surface area contributed by atoms with E-state index in [0.717, 1.165) is 0 Å². The zero-order valence-corrected chi connectivity index (χ0v) is 37.4. The number of rotatable bonds is 0. The molecule has 0 saturated heterocycles. The maximum Gasteiger partial charge on any atom is -0.0172 e. The van der Waals surface area contributed by atoms with Crippen LogP contribution in [0.1, 0.15) is 0 Å². The second kappa shape index (κ2) is 16.5. The lowest BCUT2D eigenvalue weighted by atomic mass is 10.0. The van der Waals surface area contributed by atoms with E-state index in [4.69, 9.17) is 0 Å². The fourth-order valence-corrected chi connectivity index (χ4v) is 10.1. The molecule has 34 aromatic carbocycles. The molecule has 34 aromatic rings. The highest BCUT2D eigenvalue weighted by Crippen LogP contribution is 2.29. The Morgan fingerprint density at radius 3 is 0.265 bits per heavy atom. The van der Waals surface area contributed by atoms with Crippen LogP contribution in [0, 0.1) is 0 Å². The Hall–Kier alpha value is -8.84. The summed E-state index contributed by atoms with van der Waals surface area (Å²) in [7, 11) is 0. The lowest BCUT2D eigenvalue weighted by molar-refractivity contribution is 1.78. The highest BCUT2D eigenvalue weighted by atomic mass is 14.1. The van der Waals surface area contributed by atoms with E-state index in [1.165, 1.54) is 129 Å². The molecular formula is C68H44. The summed E-state index contributed by atoms with van der Waals surface area (Å²) < 4.78 is 0. The van der Waals surface area contributed by atoms with Crippen LogP contribution in [0.2, 0.25) is 0 Å². The first-order valence-corrected chi connectivity index (χ1v) is 23.5. The van der Waals surface area contributed by atoms with E-state index in [9.17, 15) is 0 Å². The van der Waals surface area contributed by atoms with E-state index in [2.05, 4.69) is 267 Å². The number of hydrogen-bond acceptors (Lipinski definition) is 0. The van der Waals surface area contributed by atoms with Gasteiger partial charge < -0.3 is 0 Å². The van der Waals surface area contributed by atoms with E-state index in [1.54, 1.807) is 0 Å². The van der Waals surface area contributed by atoms with Crippen molar-refractivity contribution >= 4 is 129 Å². The van der Waals surface area contributed by atoms with Crippen LogP contribution in [0.3, 0.4) is 0 Å². The van der Waals surface area contributed by atoms with Crippen molar-refractivity contribution in [2.45, 2.75) is 0 Å². The monoisotopic (exact) mass is 860 g/mol. The van der Waals surface area contributed by atoms with Crippen LogP contribution in [-0.4, -0.2) is 0 Å². The summed E-state index contributed by atoms with van der Waals surface area (Å²) in [4.78, 5) is 0. The van der Waals surface area contributed by atoms with Gasteiger partial charge in [-0.2, -0.15) is 0 Å². The summed E-state index contributed by atoms with van der Waals surface area (Å²) in [5, 5.41) is 29.2. The van der Waals surface area contributed by atoms with Gasteiger partial charge in [0.05, 0.1) is 0 Å². The quantitative estimate of drug-likeness (QED) is 0.142. The molecule has 0 aromatic heterocycles. The fourth-order valence-electron chi connectivity index (χ4n) is 10.1. The molecule has 0 heteroatoms. The van der Waals surface area contributed by atoms with Crippen molar-refractivity contribution in [2.24, 2.45) is 0 Å². The van der Waals surface area contributed by atoms with Crippen LogP contribution in [0.4, 0.5) is 0 Å². The minimum Gasteiger partial charge on any atom is -0.0538 e. The van der Waals surface area contributed by atoms with Gasteiger partial charge in [-0.25, -0.2) is 0 Å². The zero-order chi connectivity index (χ0) is 45.0. The first kappa shape index (κ1) is 39.5. The van der Waals surface area contributed by atoms with Gasteiger partial charge in [0, 0.05) is 0 Å². The largest absolute Gasteiger partial charge is 0.0538 e. The number of benzene rings is 12. The molecule has 0 unspecified atom stereocenters. The lowest BCUT2D eigenvalue weighted by Gasteiger charge is -2.03. The average molecular weight is 861 g/mol. The first-order chi connectivity index (χ1) is 33.6. The molecule has 34 rings (SSSR count). The highest BCUT2D eigenvalue weighted by molar-refractivity contribution is 6.02. The van der Waals surface area contributed by atoms with E-state index >= 15 is 0 Å². The summed E-state index contributed by atoms with van der Waals surface area (Å²) in [5.74, 6) is 0. The van der Waals surface area contributed by atoms with Gasteiger partial charge in [-0.15, -0.1) is 0 Å². The summed E-state index contributed by atoms with van der Waals surface area (Å²) in [6.07, 6.45) is 0. The molecule has 0 amide bonds. The van der Waals surface area contributed by atoms with E-state index in [-0.39, 0.29) is 0 Å². The summed E-state index contributed by atoms with van der Waals surface area (Å²) in [6.45, 7) is 0. The topological polar surface area (TPSA) is 0 Å². The number of hydrogen-bond donors (Lipinski definition) is 0. The van der Waals surface area contributed by atoms with Crippen molar-refractivity contribution < 1.29 is 0 Å². The predicted octanol–water partition coefficient (Wildman–Crippen LogP) is 19.5. The Morgan fingerprint density at radius 2 is 0.147 bits per heavy atom. The second-order valence-corrected chi connectivity index (χ2v) is 18.2. The third-order valence-corrected chi connectivity index (χ3v) is 14.1. The highest BCUT2D eigenvalue weighted by Gasteiger charge is 2.02. The van der Waals surface area contributed by atoms with Crippen molar-refractivity contribution in [1.29, 1.82) is 0 Å². The van der Waals surface area contributed by atoms with Gasteiger partial charge in [-0.1, -0.05) is 243 Å². The average Bonchev–Trinajstić information content (AvgIpc) is 3.42. The molecule has 0 N–H and O–H groups in total. The molecule has 0 aliphatic heterocycles. The van der Waals surface area contributed by atoms with Gasteiger partial charge in [0.2, 0.25) is 0 Å². The molecule has 0 saturated carbocycles. The third-order valence-electron chi connectivity index (χ3n) is 14.1. The molecule has 0 atom stereocenters. The Kier molecular flexibility index (Phi) is 9.62. The van der Waals surface area contributed by atoms with Crippen molar-refractivity contribution in [2.75, 3.05) is 0 Å². The normalized spacial score (nSPS) is 11.5. The molecule has 316 valence electrons. The SMILES string of the molecule is c1cc2ccc1c1ccc(cc1)c1ccc(cc1)c1ccc3ccc(cc3c1)c1ccc(cc1)c1ccc(cc1)c1ccc(cc1)c1ccc(cc1)c1ccc3ccc(cc3c1)c1ccc2cc1. The van der Waals surface area contributed by atoms with Crippen LogP contribution in [0.25, 0.3) is 129 Å². The van der Waals surface area contributed by atoms with Gasteiger partial charge in [-0.3, -0.25) is 0 Å². The summed E-state index contributed by atoms with van der Waals surface area (Å²) in [5.41, 5.74) is 0. The van der Waals surface area contributed by atoms with Crippen molar-refractivity contribution in [3.05, 3.63) is 267 Å². The second-order valence-electron chi connectivity index (χ2n) is 18.2. The van der Waals surface area contributed by atoms with Gasteiger partial charge >= 0.3 is 0 Å². The Labute approximate surface area is 394 Å². The van der Waals surface area contributed by atoms with Gasteiger partial charge in [0.1, 0.15) is 0 Å². The molecular weight excluding hydrogens is 817 g/mol. The maximum absolute atomic E-state index is 2.32. The third kappa shape index (κ3) is 7.49. The van der Waals surface area contributed by atoms with Gasteiger partial charge in [-0.05, 0) is 154 Å². The van der Waals surface area contributed by atoms with Crippen molar-refractivity contribution in [1.82, 2.24) is 0 Å². The Morgan fingerprint density at radius 1 is 0.0735 bits per heavy atom. The molecule has 68 heavy (non-hydrogen) atoms. The molecule has 0 spiro atoms. The van der Waals surface area contributed by atoms with Crippen molar-refractivity contribution in [3.8, 4) is 0 Å². The minimum atomic E-state index is 1.21. The van der Waals surface area contributed by atoms with Crippen LogP contribution in [-0.2, 0) is 0 Å². The van der Waals surface area contributed by atoms with Crippen LogP contribution < -0.4 is 0 Å². The first-order valence-electron chi connectivity index (χ1n) is 23.5.